The lowest BCUT2D eigenvalue weighted by molar-refractivity contribution is -0.143. The molecule has 2 aliphatic heterocycles. The first-order valence-electron chi connectivity index (χ1n) is 8.53. The summed E-state index contributed by atoms with van der Waals surface area (Å²) >= 11 is 1.20. The van der Waals surface area contributed by atoms with Crippen LogP contribution in [0, 0.1) is 0 Å². The smallest absolute Gasteiger partial charge is 0.329 e. The Morgan fingerprint density at radius 2 is 2.00 bits per heavy atom. The number of nitrogens with zero attached hydrogens (tertiary/aromatic N) is 2. The summed E-state index contributed by atoms with van der Waals surface area (Å²) in [6.45, 7) is -1.10. The third kappa shape index (κ3) is 4.82. The second kappa shape index (κ2) is 8.59. The topological polar surface area (TPSA) is 132 Å². The lowest BCUT2D eigenvalue weighted by Crippen LogP contribution is -2.38. The minimum atomic E-state index is -3.21. The Morgan fingerprint density at radius 1 is 1.24 bits per heavy atom. The van der Waals surface area contributed by atoms with Crippen molar-refractivity contribution in [1.82, 2.24) is 0 Å². The number of aliphatic carboxylic acids is 1. The monoisotopic (exact) mass is 444 g/mol. The molecule has 1 amide bonds. The molecule has 1 N–H and O–H groups in total. The normalized spacial score (nSPS) is 23.8. The third-order valence-corrected chi connectivity index (χ3v) is 7.59. The lowest BCUT2D eigenvalue weighted by Gasteiger charge is -2.26. The van der Waals surface area contributed by atoms with Gasteiger partial charge in [-0.3, -0.25) is 4.79 Å². The summed E-state index contributed by atoms with van der Waals surface area (Å²) in [4.78, 5) is 28.4. The number of fused-ring (bicyclic) bond motifs is 1. The molecule has 158 valence electrons. The number of sulfone groups is 1. The number of ether oxygens (including phenoxy) is 3. The molecule has 3 rings (SSSR count). The molecule has 0 radical (unpaired) electrons. The van der Waals surface area contributed by atoms with Crippen LogP contribution < -0.4 is 14.4 Å². The predicted molar refractivity (Wildman–Crippen MR) is 107 cm³/mol. The van der Waals surface area contributed by atoms with Crippen molar-refractivity contribution in [2.45, 2.75) is 11.3 Å². The molecule has 2 saturated heterocycles. The summed E-state index contributed by atoms with van der Waals surface area (Å²) < 4.78 is 39.7. The van der Waals surface area contributed by atoms with Crippen molar-refractivity contribution in [3.8, 4) is 11.5 Å². The van der Waals surface area contributed by atoms with Crippen LogP contribution in [0.3, 0.4) is 0 Å². The zero-order valence-corrected chi connectivity index (χ0v) is 17.4. The quantitative estimate of drug-likeness (QED) is 0.630. The van der Waals surface area contributed by atoms with Crippen molar-refractivity contribution in [1.29, 1.82) is 0 Å². The molecule has 0 saturated carbocycles. The van der Waals surface area contributed by atoms with Crippen LogP contribution >= 0.6 is 11.8 Å². The molecule has 2 heterocycles. The highest BCUT2D eigenvalue weighted by Gasteiger charge is 2.50. The van der Waals surface area contributed by atoms with E-state index in [1.54, 1.807) is 23.1 Å². The van der Waals surface area contributed by atoms with Gasteiger partial charge in [0.15, 0.2) is 15.0 Å². The molecule has 12 heteroatoms. The Kier molecular flexibility index (Phi) is 6.34. The van der Waals surface area contributed by atoms with E-state index in [0.29, 0.717) is 22.4 Å². The molecule has 2 fully saturated rings. The van der Waals surface area contributed by atoms with Gasteiger partial charge >= 0.3 is 5.97 Å². The van der Waals surface area contributed by atoms with E-state index in [9.17, 15) is 18.0 Å². The van der Waals surface area contributed by atoms with Crippen molar-refractivity contribution in [3.63, 3.8) is 0 Å². The number of carboxylic acid groups (broad SMARTS) is 1. The Bertz CT molecular complexity index is 947. The van der Waals surface area contributed by atoms with Gasteiger partial charge < -0.3 is 24.2 Å². The van der Waals surface area contributed by atoms with Gasteiger partial charge in [-0.25, -0.2) is 13.2 Å². The number of methoxy groups -OCH3 is 2. The first-order chi connectivity index (χ1) is 13.7. The summed E-state index contributed by atoms with van der Waals surface area (Å²) in [6.07, 6.45) is 0. The maximum Gasteiger partial charge on any atom is 0.329 e. The Morgan fingerprint density at radius 3 is 2.66 bits per heavy atom. The van der Waals surface area contributed by atoms with Crippen molar-refractivity contribution < 1.29 is 37.3 Å². The summed E-state index contributed by atoms with van der Waals surface area (Å²) in [7, 11) is -0.218. The lowest BCUT2D eigenvalue weighted by atomic mass is 10.2. The zero-order chi connectivity index (χ0) is 21.2. The predicted octanol–water partition coefficient (Wildman–Crippen LogP) is 0.406. The van der Waals surface area contributed by atoms with E-state index >= 15 is 0 Å². The minimum Gasteiger partial charge on any atom is -0.497 e. The molecule has 0 spiro atoms. The molecular formula is C17H20N2O8S2. The van der Waals surface area contributed by atoms with Gasteiger partial charge in [0.1, 0.15) is 24.7 Å². The highest BCUT2D eigenvalue weighted by atomic mass is 32.2. The number of hydrogen-bond acceptors (Lipinski definition) is 8. The molecule has 0 unspecified atom stereocenters. The van der Waals surface area contributed by atoms with E-state index in [0.717, 1.165) is 0 Å². The standard InChI is InChI=1S/C17H20N2O8S2/c1-25-10-3-4-11(13(5-10)26-2)19-12-8-29(23,24)9-14(12)28-17(19)18-15(20)6-27-7-16(21)22/h3-5,12,14H,6-9H2,1-2H3,(H,21,22)/t12-,14+/m1/s1. The molecule has 1 aromatic carbocycles. The summed E-state index contributed by atoms with van der Waals surface area (Å²) in [6, 6.07) is 4.67. The molecule has 29 heavy (non-hydrogen) atoms. The number of carbonyl (C=O) groups is 2. The number of hydrogen-bond donors (Lipinski definition) is 1. The number of amidine groups is 1. The number of thioether (sulfide) groups is 1. The molecular weight excluding hydrogens is 424 g/mol. The van der Waals surface area contributed by atoms with Crippen LogP contribution in [0.2, 0.25) is 0 Å². The van der Waals surface area contributed by atoms with Gasteiger partial charge in [-0.05, 0) is 12.1 Å². The van der Waals surface area contributed by atoms with Crippen LogP contribution in [0.4, 0.5) is 5.69 Å². The average molecular weight is 444 g/mol. The van der Waals surface area contributed by atoms with Gasteiger partial charge in [0.05, 0.1) is 37.5 Å². The maximum atomic E-state index is 12.1. The van der Waals surface area contributed by atoms with Crippen LogP contribution in [0.1, 0.15) is 0 Å². The van der Waals surface area contributed by atoms with Gasteiger partial charge in [-0.1, -0.05) is 11.8 Å². The van der Waals surface area contributed by atoms with Crippen LogP contribution in [0.25, 0.3) is 0 Å². The fourth-order valence-corrected chi connectivity index (χ4v) is 7.12. The number of benzene rings is 1. The first-order valence-corrected chi connectivity index (χ1v) is 11.2. The third-order valence-electron chi connectivity index (χ3n) is 4.38. The highest BCUT2D eigenvalue weighted by molar-refractivity contribution is 8.16. The molecule has 0 aliphatic carbocycles. The molecule has 0 bridgehead atoms. The fourth-order valence-electron chi connectivity index (χ4n) is 3.19. The molecule has 2 atom stereocenters. The van der Waals surface area contributed by atoms with Crippen molar-refractivity contribution in [2.75, 3.05) is 43.8 Å². The van der Waals surface area contributed by atoms with Crippen molar-refractivity contribution >= 4 is 44.3 Å². The Labute approximate surface area is 171 Å². The minimum absolute atomic E-state index is 0.0139. The van der Waals surface area contributed by atoms with Gasteiger partial charge in [-0.2, -0.15) is 4.99 Å². The number of carboxylic acids is 1. The molecule has 1 aromatic rings. The van der Waals surface area contributed by atoms with E-state index in [1.807, 2.05) is 0 Å². The number of anilines is 1. The van der Waals surface area contributed by atoms with Crippen LogP contribution in [-0.2, 0) is 24.2 Å². The number of rotatable bonds is 7. The fraction of sp³-hybridized carbons (Fsp3) is 0.471. The highest BCUT2D eigenvalue weighted by Crippen LogP contribution is 2.44. The van der Waals surface area contributed by atoms with Crippen LogP contribution in [0.5, 0.6) is 11.5 Å². The van der Waals surface area contributed by atoms with E-state index < -0.39 is 41.0 Å². The van der Waals surface area contributed by atoms with E-state index in [2.05, 4.69) is 4.99 Å². The summed E-state index contributed by atoms with van der Waals surface area (Å²) in [5, 5.41) is 8.64. The average Bonchev–Trinajstić information content (AvgIpc) is 3.11. The van der Waals surface area contributed by atoms with E-state index in [1.165, 1.54) is 26.0 Å². The van der Waals surface area contributed by atoms with E-state index in [4.69, 9.17) is 19.3 Å². The maximum absolute atomic E-state index is 12.1. The van der Waals surface area contributed by atoms with Gasteiger partial charge in [0.2, 0.25) is 0 Å². The van der Waals surface area contributed by atoms with Crippen LogP contribution in [0.15, 0.2) is 23.2 Å². The Balaban J connectivity index is 1.93. The van der Waals surface area contributed by atoms with Gasteiger partial charge in [0.25, 0.3) is 5.91 Å². The first kappa shape index (κ1) is 21.4. The number of amides is 1. The van der Waals surface area contributed by atoms with Gasteiger partial charge in [-0.15, -0.1) is 0 Å². The number of aliphatic imine (C=N–C) groups is 1. The van der Waals surface area contributed by atoms with E-state index in [-0.39, 0.29) is 16.8 Å². The van der Waals surface area contributed by atoms with Crippen LogP contribution in [-0.4, -0.2) is 80.8 Å². The Hall–Kier alpha value is -2.31. The van der Waals surface area contributed by atoms with Gasteiger partial charge in [0, 0.05) is 11.3 Å². The largest absolute Gasteiger partial charge is 0.497 e. The number of carbonyl (C=O) groups excluding carboxylic acids is 1. The molecule has 0 aromatic heterocycles. The summed E-state index contributed by atoms with van der Waals surface area (Å²) in [5.74, 6) is -0.927. The second-order valence-corrected chi connectivity index (χ2v) is 9.74. The SMILES string of the molecule is COc1ccc(N2C(=NC(=O)COCC(=O)O)S[C@H]3CS(=O)(=O)C[C@H]32)c(OC)c1. The molecule has 2 aliphatic rings. The molecule has 10 nitrogen and oxygen atoms in total. The zero-order valence-electron chi connectivity index (χ0n) is 15.7. The second-order valence-electron chi connectivity index (χ2n) is 6.38. The van der Waals surface area contributed by atoms with Crippen molar-refractivity contribution in [3.05, 3.63) is 18.2 Å². The summed E-state index contributed by atoms with van der Waals surface area (Å²) in [5.41, 5.74) is 0.559. The van der Waals surface area contributed by atoms with Crippen molar-refractivity contribution in [2.24, 2.45) is 4.99 Å².